The molecule has 1 aromatic heterocycles. The molecule has 23 heavy (non-hydrogen) atoms. The van der Waals surface area contributed by atoms with Gasteiger partial charge in [-0.15, -0.1) is 10.2 Å². The van der Waals surface area contributed by atoms with Crippen molar-refractivity contribution >= 4 is 28.1 Å². The van der Waals surface area contributed by atoms with Crippen LogP contribution in [0.4, 0.5) is 10.8 Å². The van der Waals surface area contributed by atoms with Crippen molar-refractivity contribution in [2.24, 2.45) is 0 Å². The first kappa shape index (κ1) is 17.0. The van der Waals surface area contributed by atoms with Crippen LogP contribution in [0.1, 0.15) is 48.0 Å². The normalized spacial score (nSPS) is 10.5. The highest BCUT2D eigenvalue weighted by molar-refractivity contribution is 7.15. The summed E-state index contributed by atoms with van der Waals surface area (Å²) in [5, 5.41) is 22.6. The van der Waals surface area contributed by atoms with Gasteiger partial charge in [-0.2, -0.15) is 0 Å². The van der Waals surface area contributed by atoms with Crippen molar-refractivity contribution in [2.45, 2.75) is 39.0 Å². The van der Waals surface area contributed by atoms with Crippen molar-refractivity contribution in [1.29, 1.82) is 0 Å². The van der Waals surface area contributed by atoms with Crippen LogP contribution in [-0.2, 0) is 6.42 Å². The second-order valence-corrected chi connectivity index (χ2v) is 6.13. The molecule has 1 amide bonds. The number of nitro benzene ring substituents is 1. The zero-order valence-corrected chi connectivity index (χ0v) is 13.6. The molecule has 122 valence electrons. The molecule has 0 unspecified atom stereocenters. The van der Waals surface area contributed by atoms with Crippen molar-refractivity contribution in [2.75, 3.05) is 5.32 Å². The van der Waals surface area contributed by atoms with Crippen molar-refractivity contribution in [3.8, 4) is 0 Å². The van der Waals surface area contributed by atoms with Gasteiger partial charge in [0, 0.05) is 24.1 Å². The third kappa shape index (κ3) is 5.10. The average molecular weight is 334 g/mol. The molecule has 0 bridgehead atoms. The summed E-state index contributed by atoms with van der Waals surface area (Å²) in [6, 6.07) is 5.43. The van der Waals surface area contributed by atoms with Crippen LogP contribution in [0.15, 0.2) is 24.3 Å². The van der Waals surface area contributed by atoms with Gasteiger partial charge in [0.2, 0.25) is 5.13 Å². The largest absolute Gasteiger partial charge is 0.296 e. The Labute approximate surface area is 137 Å². The van der Waals surface area contributed by atoms with Gasteiger partial charge < -0.3 is 0 Å². The molecule has 0 aliphatic heterocycles. The van der Waals surface area contributed by atoms with Crippen molar-refractivity contribution in [3.63, 3.8) is 0 Å². The van der Waals surface area contributed by atoms with E-state index in [4.69, 9.17) is 0 Å². The fraction of sp³-hybridized carbons (Fsp3) is 0.400. The number of nitro groups is 1. The number of amides is 1. The van der Waals surface area contributed by atoms with Gasteiger partial charge in [0.25, 0.3) is 11.6 Å². The van der Waals surface area contributed by atoms with E-state index >= 15 is 0 Å². The minimum atomic E-state index is -0.503. The van der Waals surface area contributed by atoms with Crippen molar-refractivity contribution in [1.82, 2.24) is 10.2 Å². The second-order valence-electron chi connectivity index (χ2n) is 5.07. The van der Waals surface area contributed by atoms with Crippen LogP contribution in [0.5, 0.6) is 0 Å². The Morgan fingerprint density at radius 2 is 1.96 bits per heavy atom. The summed E-state index contributed by atoms with van der Waals surface area (Å²) in [7, 11) is 0. The lowest BCUT2D eigenvalue weighted by atomic mass is 10.2. The van der Waals surface area contributed by atoms with Crippen LogP contribution in [0.25, 0.3) is 0 Å². The topological polar surface area (TPSA) is 98.0 Å². The molecule has 0 aliphatic carbocycles. The van der Waals surface area contributed by atoms with Crippen LogP contribution in [0.2, 0.25) is 0 Å². The number of rotatable bonds is 8. The number of carbonyl (C=O) groups is 1. The Balaban J connectivity index is 1.90. The molecular formula is C15H18N4O3S. The van der Waals surface area contributed by atoms with Crippen LogP contribution < -0.4 is 5.32 Å². The molecule has 0 fully saturated rings. The number of aromatic nitrogens is 2. The van der Waals surface area contributed by atoms with E-state index in [1.807, 2.05) is 0 Å². The molecule has 1 aromatic carbocycles. The molecule has 2 rings (SSSR count). The molecule has 0 aliphatic rings. The summed E-state index contributed by atoms with van der Waals surface area (Å²) in [4.78, 5) is 22.2. The quantitative estimate of drug-likeness (QED) is 0.449. The van der Waals surface area contributed by atoms with Gasteiger partial charge >= 0.3 is 0 Å². The summed E-state index contributed by atoms with van der Waals surface area (Å²) in [5.74, 6) is -0.353. The predicted octanol–water partition coefficient (Wildman–Crippen LogP) is 3.82. The fourth-order valence-corrected chi connectivity index (χ4v) is 2.79. The zero-order chi connectivity index (χ0) is 16.7. The molecule has 8 heteroatoms. The summed E-state index contributed by atoms with van der Waals surface area (Å²) in [6.45, 7) is 2.16. The number of hydrogen-bond donors (Lipinski definition) is 1. The third-order valence-corrected chi connectivity index (χ3v) is 4.17. The summed E-state index contributed by atoms with van der Waals surface area (Å²) in [5.41, 5.74) is 0.294. The van der Waals surface area contributed by atoms with E-state index < -0.39 is 4.92 Å². The van der Waals surface area contributed by atoms with E-state index in [-0.39, 0.29) is 11.6 Å². The number of nitrogens with one attached hydrogen (secondary N) is 1. The smallest absolute Gasteiger partial charge is 0.269 e. The predicted molar refractivity (Wildman–Crippen MR) is 88.8 cm³/mol. The van der Waals surface area contributed by atoms with Gasteiger partial charge in [0.1, 0.15) is 5.01 Å². The zero-order valence-electron chi connectivity index (χ0n) is 12.8. The number of unbranched alkanes of at least 4 members (excludes halogenated alkanes) is 3. The van der Waals surface area contributed by atoms with Crippen molar-refractivity contribution in [3.05, 3.63) is 45.0 Å². The maximum Gasteiger partial charge on any atom is 0.269 e. The van der Waals surface area contributed by atoms with E-state index in [1.54, 1.807) is 0 Å². The Bertz CT molecular complexity index is 670. The lowest BCUT2D eigenvalue weighted by molar-refractivity contribution is -0.384. The van der Waals surface area contributed by atoms with E-state index in [0.717, 1.165) is 17.8 Å². The maximum absolute atomic E-state index is 12.1. The first-order valence-corrected chi connectivity index (χ1v) is 8.30. The molecule has 1 N–H and O–H groups in total. The van der Waals surface area contributed by atoms with E-state index in [9.17, 15) is 14.9 Å². The highest BCUT2D eigenvalue weighted by atomic mass is 32.1. The molecule has 0 saturated heterocycles. The molecule has 0 radical (unpaired) electrons. The number of non-ortho nitro benzene ring substituents is 1. The Morgan fingerprint density at radius 1 is 1.22 bits per heavy atom. The molecular weight excluding hydrogens is 316 g/mol. The lowest BCUT2D eigenvalue weighted by Crippen LogP contribution is -2.11. The number of nitrogens with zero attached hydrogens (tertiary/aromatic N) is 3. The lowest BCUT2D eigenvalue weighted by Gasteiger charge is -2.00. The number of aryl methyl sites for hydroxylation is 1. The molecule has 1 heterocycles. The first-order valence-electron chi connectivity index (χ1n) is 7.48. The third-order valence-electron chi connectivity index (χ3n) is 3.27. The van der Waals surface area contributed by atoms with Crippen LogP contribution in [0, 0.1) is 10.1 Å². The van der Waals surface area contributed by atoms with Gasteiger partial charge in [-0.1, -0.05) is 37.5 Å². The summed E-state index contributed by atoms with van der Waals surface area (Å²) >= 11 is 1.36. The highest BCUT2D eigenvalue weighted by Gasteiger charge is 2.12. The number of carbonyl (C=O) groups excluding carboxylic acids is 1. The van der Waals surface area contributed by atoms with Gasteiger partial charge in [-0.05, 0) is 18.6 Å². The minimum absolute atomic E-state index is 0.0492. The average Bonchev–Trinajstić information content (AvgIpc) is 2.99. The number of hydrogen-bond acceptors (Lipinski definition) is 6. The van der Waals surface area contributed by atoms with Crippen molar-refractivity contribution < 1.29 is 9.72 Å². The number of benzene rings is 1. The van der Waals surface area contributed by atoms with Gasteiger partial charge in [-0.3, -0.25) is 20.2 Å². The fourth-order valence-electron chi connectivity index (χ4n) is 2.01. The summed E-state index contributed by atoms with van der Waals surface area (Å²) < 4.78 is 0. The monoisotopic (exact) mass is 334 g/mol. The summed E-state index contributed by atoms with van der Waals surface area (Å²) in [6.07, 6.45) is 5.50. The maximum atomic E-state index is 12.1. The van der Waals surface area contributed by atoms with Crippen LogP contribution in [-0.4, -0.2) is 21.0 Å². The van der Waals surface area contributed by atoms with E-state index in [0.29, 0.717) is 10.7 Å². The molecule has 7 nitrogen and oxygen atoms in total. The van der Waals surface area contributed by atoms with Gasteiger partial charge in [0.05, 0.1) is 4.92 Å². The minimum Gasteiger partial charge on any atom is -0.296 e. The molecule has 0 atom stereocenters. The van der Waals surface area contributed by atoms with E-state index in [2.05, 4.69) is 22.4 Å². The molecule has 0 spiro atoms. The highest BCUT2D eigenvalue weighted by Crippen LogP contribution is 2.19. The molecule has 0 saturated carbocycles. The SMILES string of the molecule is CCCCCCc1nnc(NC(=O)c2ccc([N+](=O)[O-])cc2)s1. The first-order chi connectivity index (χ1) is 11.1. The van der Waals surface area contributed by atoms with Crippen LogP contribution >= 0.6 is 11.3 Å². The van der Waals surface area contributed by atoms with Crippen LogP contribution in [0.3, 0.4) is 0 Å². The number of anilines is 1. The Hall–Kier alpha value is -2.35. The molecule has 2 aromatic rings. The Morgan fingerprint density at radius 3 is 2.61 bits per heavy atom. The van der Waals surface area contributed by atoms with Gasteiger partial charge in [-0.25, -0.2) is 0 Å². The second kappa shape index (κ2) is 8.33. The van der Waals surface area contributed by atoms with E-state index in [1.165, 1.54) is 54.9 Å². The standard InChI is InChI=1S/C15H18N4O3S/c1-2-3-4-5-6-13-17-18-15(23-13)16-14(20)11-7-9-12(10-8-11)19(21)22/h7-10H,2-6H2,1H3,(H,16,18,20). The Kier molecular flexibility index (Phi) is 6.16. The van der Waals surface area contributed by atoms with Gasteiger partial charge in [0.15, 0.2) is 0 Å².